The standard InChI is InChI=1S/C15H17N7OS/c1-11(7-22-10-16-9-20-22)14(23)19-6-3-12-8-24-15(21-12)13-17-4-2-5-18-13/h2,4-5,8-11H,3,6-7H2,1H3,(H,19,23)/t11-/m0/s1. The number of nitrogens with one attached hydrogen (secondary N) is 1. The van der Waals surface area contributed by atoms with Crippen LogP contribution in [0.5, 0.6) is 0 Å². The number of amides is 1. The zero-order valence-electron chi connectivity index (χ0n) is 13.2. The molecule has 0 aromatic carbocycles. The first-order valence-corrected chi connectivity index (χ1v) is 8.42. The normalized spacial score (nSPS) is 12.0. The maximum absolute atomic E-state index is 12.1. The molecule has 1 N–H and O–H groups in total. The lowest BCUT2D eigenvalue weighted by atomic mass is 10.1. The molecule has 0 aliphatic heterocycles. The van der Waals surface area contributed by atoms with Gasteiger partial charge in [-0.25, -0.2) is 19.9 Å². The Kier molecular flexibility index (Phi) is 5.22. The van der Waals surface area contributed by atoms with Gasteiger partial charge in [0.15, 0.2) is 10.8 Å². The van der Waals surface area contributed by atoms with Crippen LogP contribution in [0.4, 0.5) is 0 Å². The predicted molar refractivity (Wildman–Crippen MR) is 89.0 cm³/mol. The summed E-state index contributed by atoms with van der Waals surface area (Å²) in [5.41, 5.74) is 0.923. The molecule has 0 saturated carbocycles. The Balaban J connectivity index is 1.46. The van der Waals surface area contributed by atoms with Crippen molar-refractivity contribution < 1.29 is 4.79 Å². The van der Waals surface area contributed by atoms with Crippen molar-refractivity contribution in [2.45, 2.75) is 19.9 Å². The zero-order valence-corrected chi connectivity index (χ0v) is 14.0. The van der Waals surface area contributed by atoms with Gasteiger partial charge in [0.05, 0.1) is 18.2 Å². The molecule has 3 aromatic rings. The summed E-state index contributed by atoms with van der Waals surface area (Å²) in [7, 11) is 0. The van der Waals surface area contributed by atoms with Crippen LogP contribution in [0.3, 0.4) is 0 Å². The van der Waals surface area contributed by atoms with Gasteiger partial charge in [-0.05, 0) is 6.07 Å². The first-order chi connectivity index (χ1) is 11.7. The van der Waals surface area contributed by atoms with Crippen molar-refractivity contribution >= 4 is 17.2 Å². The summed E-state index contributed by atoms with van der Waals surface area (Å²) in [6.45, 7) is 2.92. The van der Waals surface area contributed by atoms with Crippen LogP contribution >= 0.6 is 11.3 Å². The Morgan fingerprint density at radius 1 is 1.38 bits per heavy atom. The van der Waals surface area contributed by atoms with Crippen molar-refractivity contribution in [1.82, 2.24) is 35.0 Å². The Hall–Kier alpha value is -2.68. The van der Waals surface area contributed by atoms with Crippen LogP contribution in [0.2, 0.25) is 0 Å². The molecule has 124 valence electrons. The highest BCUT2D eigenvalue weighted by atomic mass is 32.1. The van der Waals surface area contributed by atoms with Gasteiger partial charge < -0.3 is 5.32 Å². The molecular formula is C15H17N7OS. The zero-order chi connectivity index (χ0) is 16.8. The van der Waals surface area contributed by atoms with Gasteiger partial charge in [-0.1, -0.05) is 6.92 Å². The minimum Gasteiger partial charge on any atom is -0.355 e. The lowest BCUT2D eigenvalue weighted by Gasteiger charge is -2.11. The van der Waals surface area contributed by atoms with E-state index < -0.39 is 0 Å². The van der Waals surface area contributed by atoms with Gasteiger partial charge in [0, 0.05) is 30.7 Å². The summed E-state index contributed by atoms with van der Waals surface area (Å²) in [6.07, 6.45) is 7.12. The highest BCUT2D eigenvalue weighted by Gasteiger charge is 2.14. The first-order valence-electron chi connectivity index (χ1n) is 7.54. The average Bonchev–Trinajstić information content (AvgIpc) is 3.27. The monoisotopic (exact) mass is 343 g/mol. The van der Waals surface area contributed by atoms with Gasteiger partial charge in [-0.3, -0.25) is 9.48 Å². The largest absolute Gasteiger partial charge is 0.355 e. The number of rotatable bonds is 7. The molecule has 0 aliphatic rings. The molecule has 0 bridgehead atoms. The molecule has 8 nitrogen and oxygen atoms in total. The Labute approximate surface area is 143 Å². The fraction of sp³-hybridized carbons (Fsp3) is 0.333. The number of carbonyl (C=O) groups is 1. The van der Waals surface area contributed by atoms with Crippen LogP contribution < -0.4 is 5.32 Å². The summed E-state index contributed by atoms with van der Waals surface area (Å²) in [4.78, 5) is 28.8. The van der Waals surface area contributed by atoms with Crippen molar-refractivity contribution in [2.24, 2.45) is 5.92 Å². The van der Waals surface area contributed by atoms with Crippen molar-refractivity contribution in [3.63, 3.8) is 0 Å². The van der Waals surface area contributed by atoms with E-state index in [-0.39, 0.29) is 11.8 Å². The van der Waals surface area contributed by atoms with Crippen LogP contribution in [0.15, 0.2) is 36.5 Å². The fourth-order valence-electron chi connectivity index (χ4n) is 2.11. The number of nitrogens with zero attached hydrogens (tertiary/aromatic N) is 6. The van der Waals surface area contributed by atoms with Gasteiger partial charge in [0.25, 0.3) is 0 Å². The minimum atomic E-state index is -0.171. The highest BCUT2D eigenvalue weighted by molar-refractivity contribution is 7.13. The van der Waals surface area contributed by atoms with Crippen LogP contribution in [0, 0.1) is 5.92 Å². The van der Waals surface area contributed by atoms with E-state index in [9.17, 15) is 4.79 Å². The third kappa shape index (κ3) is 4.19. The van der Waals surface area contributed by atoms with Gasteiger partial charge in [-0.15, -0.1) is 11.3 Å². The van der Waals surface area contributed by atoms with Crippen molar-refractivity contribution in [2.75, 3.05) is 6.54 Å². The Morgan fingerprint density at radius 2 is 2.21 bits per heavy atom. The van der Waals surface area contributed by atoms with E-state index in [0.717, 1.165) is 10.7 Å². The molecule has 0 aliphatic carbocycles. The van der Waals surface area contributed by atoms with Gasteiger partial charge in [0.1, 0.15) is 12.7 Å². The third-order valence-electron chi connectivity index (χ3n) is 3.36. The molecule has 0 radical (unpaired) electrons. The fourth-order valence-corrected chi connectivity index (χ4v) is 2.91. The minimum absolute atomic E-state index is 0.00709. The number of hydrogen-bond acceptors (Lipinski definition) is 7. The quantitative estimate of drug-likeness (QED) is 0.692. The highest BCUT2D eigenvalue weighted by Crippen LogP contribution is 2.19. The molecule has 0 unspecified atom stereocenters. The molecule has 3 rings (SSSR count). The molecule has 9 heteroatoms. The molecule has 0 fully saturated rings. The van der Waals surface area contributed by atoms with Gasteiger partial charge >= 0.3 is 0 Å². The predicted octanol–water partition coefficient (Wildman–Crippen LogP) is 1.19. The first kappa shape index (κ1) is 16.2. The molecule has 3 aromatic heterocycles. The topological polar surface area (TPSA) is 98.5 Å². The average molecular weight is 343 g/mol. The van der Waals surface area contributed by atoms with E-state index >= 15 is 0 Å². The summed E-state index contributed by atoms with van der Waals surface area (Å²) in [5, 5.41) is 9.69. The van der Waals surface area contributed by atoms with Crippen molar-refractivity contribution in [1.29, 1.82) is 0 Å². The smallest absolute Gasteiger partial charge is 0.224 e. The van der Waals surface area contributed by atoms with Crippen LogP contribution in [0.1, 0.15) is 12.6 Å². The van der Waals surface area contributed by atoms with E-state index in [1.807, 2.05) is 12.3 Å². The molecule has 3 heterocycles. The van der Waals surface area contributed by atoms with E-state index in [2.05, 4.69) is 30.4 Å². The Bertz CT molecular complexity index is 772. The number of hydrogen-bond donors (Lipinski definition) is 1. The summed E-state index contributed by atoms with van der Waals surface area (Å²) in [6, 6.07) is 1.77. The third-order valence-corrected chi connectivity index (χ3v) is 4.25. The van der Waals surface area contributed by atoms with Crippen molar-refractivity contribution in [3.8, 4) is 10.8 Å². The molecule has 1 amide bonds. The lowest BCUT2D eigenvalue weighted by Crippen LogP contribution is -2.33. The molecule has 0 saturated heterocycles. The SMILES string of the molecule is C[C@@H](Cn1cncn1)C(=O)NCCc1csc(-c2ncccn2)n1. The summed E-state index contributed by atoms with van der Waals surface area (Å²) < 4.78 is 1.65. The number of carbonyl (C=O) groups excluding carboxylic acids is 1. The van der Waals surface area contributed by atoms with Crippen LogP contribution in [0.25, 0.3) is 10.8 Å². The van der Waals surface area contributed by atoms with E-state index in [0.29, 0.717) is 25.3 Å². The van der Waals surface area contributed by atoms with Crippen molar-refractivity contribution in [3.05, 3.63) is 42.2 Å². The Morgan fingerprint density at radius 3 is 2.96 bits per heavy atom. The second kappa shape index (κ2) is 7.73. The maximum Gasteiger partial charge on any atom is 0.224 e. The maximum atomic E-state index is 12.1. The van der Waals surface area contributed by atoms with E-state index in [1.54, 1.807) is 29.5 Å². The molecular weight excluding hydrogens is 326 g/mol. The van der Waals surface area contributed by atoms with E-state index in [1.165, 1.54) is 17.7 Å². The molecule has 0 spiro atoms. The van der Waals surface area contributed by atoms with Crippen LogP contribution in [-0.2, 0) is 17.8 Å². The number of aromatic nitrogens is 6. The lowest BCUT2D eigenvalue weighted by molar-refractivity contribution is -0.124. The van der Waals surface area contributed by atoms with Crippen LogP contribution in [-0.4, -0.2) is 42.2 Å². The van der Waals surface area contributed by atoms with E-state index in [4.69, 9.17) is 0 Å². The molecule has 1 atom stereocenters. The second-order valence-electron chi connectivity index (χ2n) is 5.28. The van der Waals surface area contributed by atoms with Gasteiger partial charge in [-0.2, -0.15) is 5.10 Å². The second-order valence-corrected chi connectivity index (χ2v) is 6.13. The number of thiazole rings is 1. The summed E-state index contributed by atoms with van der Waals surface area (Å²) in [5.74, 6) is 0.446. The summed E-state index contributed by atoms with van der Waals surface area (Å²) >= 11 is 1.50. The van der Waals surface area contributed by atoms with Gasteiger partial charge in [0.2, 0.25) is 5.91 Å². The molecule has 24 heavy (non-hydrogen) atoms.